The van der Waals surface area contributed by atoms with Gasteiger partial charge in [-0.05, 0) is 30.3 Å². The van der Waals surface area contributed by atoms with E-state index in [1.165, 1.54) is 0 Å². The van der Waals surface area contributed by atoms with Gasteiger partial charge in [-0.15, -0.1) is 0 Å². The molecule has 94 valence electrons. The number of aromatic amines is 1. The lowest BCUT2D eigenvalue weighted by Gasteiger charge is -1.92. The van der Waals surface area contributed by atoms with Gasteiger partial charge in [-0.2, -0.15) is 10.2 Å². The van der Waals surface area contributed by atoms with Crippen molar-refractivity contribution < 1.29 is 4.42 Å². The van der Waals surface area contributed by atoms with Crippen LogP contribution in [0.5, 0.6) is 0 Å². The summed E-state index contributed by atoms with van der Waals surface area (Å²) < 4.78 is 6.16. The number of nitrogens with zero attached hydrogens (tertiary/aromatic N) is 2. The summed E-state index contributed by atoms with van der Waals surface area (Å²) in [4.78, 5) is 3.19. The van der Waals surface area contributed by atoms with Gasteiger partial charge in [0.25, 0.3) is 0 Å². The second-order valence-corrected chi connectivity index (χ2v) is 4.85. The molecule has 0 radical (unpaired) electrons. The van der Waals surface area contributed by atoms with Crippen LogP contribution in [0, 0.1) is 0 Å². The molecule has 0 saturated heterocycles. The first-order chi connectivity index (χ1) is 9.33. The Morgan fingerprint density at radius 1 is 1.16 bits per heavy atom. The van der Waals surface area contributed by atoms with Crippen LogP contribution in [-0.2, 0) is 0 Å². The highest BCUT2D eigenvalue weighted by Crippen LogP contribution is 2.21. The molecule has 0 atom stereocenters. The quantitative estimate of drug-likeness (QED) is 0.577. The minimum Gasteiger partial charge on any atom is -0.463 e. The third-order valence-electron chi connectivity index (χ3n) is 2.67. The topological polar surface area (TPSA) is 53.6 Å². The van der Waals surface area contributed by atoms with Crippen molar-refractivity contribution in [2.45, 2.75) is 0 Å². The lowest BCUT2D eigenvalue weighted by atomic mass is 10.2. The van der Waals surface area contributed by atoms with Gasteiger partial charge in [-0.1, -0.05) is 15.9 Å². The summed E-state index contributed by atoms with van der Waals surface area (Å²) in [5.41, 5.74) is 2.06. The largest absolute Gasteiger partial charge is 0.463 e. The Bertz CT molecular complexity index is 741. The number of hydrogen-bond acceptors (Lipinski definition) is 3. The standard InChI is InChI=1S/C14H10BrN3O/c15-11-3-4-14-13(6-11)10(7-16-14)8-17-18-9-12-2-1-5-19-12/h1-9,16H/b17-8-,18-9-. The highest BCUT2D eigenvalue weighted by atomic mass is 79.9. The van der Waals surface area contributed by atoms with Crippen molar-refractivity contribution in [1.29, 1.82) is 0 Å². The van der Waals surface area contributed by atoms with Crippen molar-refractivity contribution in [2.75, 3.05) is 0 Å². The molecule has 0 unspecified atom stereocenters. The second-order valence-electron chi connectivity index (χ2n) is 3.94. The van der Waals surface area contributed by atoms with Gasteiger partial charge in [0.2, 0.25) is 0 Å². The molecule has 3 aromatic rings. The molecule has 0 aliphatic rings. The monoisotopic (exact) mass is 315 g/mol. The summed E-state index contributed by atoms with van der Waals surface area (Å²) in [6.45, 7) is 0. The summed E-state index contributed by atoms with van der Waals surface area (Å²) >= 11 is 3.46. The number of aromatic nitrogens is 1. The first-order valence-corrected chi connectivity index (χ1v) is 6.49. The second kappa shape index (κ2) is 5.24. The molecule has 0 spiro atoms. The Labute approximate surface area is 118 Å². The summed E-state index contributed by atoms with van der Waals surface area (Å²) in [7, 11) is 0. The molecular weight excluding hydrogens is 306 g/mol. The average molecular weight is 316 g/mol. The van der Waals surface area contributed by atoms with Crippen molar-refractivity contribution in [3.05, 3.63) is 58.6 Å². The molecular formula is C14H10BrN3O. The van der Waals surface area contributed by atoms with E-state index in [1.807, 2.05) is 36.5 Å². The van der Waals surface area contributed by atoms with Crippen LogP contribution in [0.1, 0.15) is 11.3 Å². The maximum Gasteiger partial charge on any atom is 0.146 e. The molecule has 4 nitrogen and oxygen atoms in total. The van der Waals surface area contributed by atoms with E-state index in [4.69, 9.17) is 4.42 Å². The van der Waals surface area contributed by atoms with Gasteiger partial charge in [0.05, 0.1) is 18.7 Å². The Hall–Kier alpha value is -2.14. The maximum absolute atomic E-state index is 5.12. The summed E-state index contributed by atoms with van der Waals surface area (Å²) in [6.07, 6.45) is 6.79. The number of halogens is 1. The predicted octanol–water partition coefficient (Wildman–Crippen LogP) is 3.98. The number of benzene rings is 1. The van der Waals surface area contributed by atoms with Crippen LogP contribution in [-0.4, -0.2) is 17.4 Å². The third kappa shape index (κ3) is 2.66. The van der Waals surface area contributed by atoms with Gasteiger partial charge >= 0.3 is 0 Å². The number of furan rings is 1. The van der Waals surface area contributed by atoms with Crippen LogP contribution in [0.25, 0.3) is 10.9 Å². The Morgan fingerprint density at radius 3 is 2.89 bits per heavy atom. The van der Waals surface area contributed by atoms with Crippen molar-refractivity contribution in [3.63, 3.8) is 0 Å². The third-order valence-corrected chi connectivity index (χ3v) is 3.16. The molecule has 5 heteroatoms. The number of H-pyrrole nitrogens is 1. The van der Waals surface area contributed by atoms with Crippen LogP contribution in [0.15, 0.2) is 61.9 Å². The fourth-order valence-electron chi connectivity index (χ4n) is 1.77. The summed E-state index contributed by atoms with van der Waals surface area (Å²) in [5, 5.41) is 9.06. The van der Waals surface area contributed by atoms with Gasteiger partial charge in [0, 0.05) is 27.1 Å². The van der Waals surface area contributed by atoms with Crippen LogP contribution < -0.4 is 0 Å². The van der Waals surface area contributed by atoms with Gasteiger partial charge in [-0.25, -0.2) is 0 Å². The SMILES string of the molecule is Brc1ccc2[nH]cc(/C=N\N=C/c3ccco3)c2c1. The van der Waals surface area contributed by atoms with E-state index in [0.29, 0.717) is 5.76 Å². The fraction of sp³-hybridized carbons (Fsp3) is 0. The maximum atomic E-state index is 5.12. The summed E-state index contributed by atoms with van der Waals surface area (Å²) in [6, 6.07) is 9.69. The molecule has 0 bridgehead atoms. The number of hydrogen-bond donors (Lipinski definition) is 1. The van der Waals surface area contributed by atoms with E-state index < -0.39 is 0 Å². The van der Waals surface area contributed by atoms with Gasteiger partial charge in [0.15, 0.2) is 0 Å². The first-order valence-electron chi connectivity index (χ1n) is 5.69. The normalized spacial score (nSPS) is 12.1. The number of nitrogens with one attached hydrogen (secondary N) is 1. The molecule has 0 amide bonds. The highest BCUT2D eigenvalue weighted by molar-refractivity contribution is 9.10. The highest BCUT2D eigenvalue weighted by Gasteiger charge is 2.01. The lowest BCUT2D eigenvalue weighted by Crippen LogP contribution is -1.78. The minimum absolute atomic E-state index is 0.679. The zero-order valence-electron chi connectivity index (χ0n) is 9.88. The van der Waals surface area contributed by atoms with Crippen molar-refractivity contribution >= 4 is 39.3 Å². The van der Waals surface area contributed by atoms with Crippen LogP contribution in [0.3, 0.4) is 0 Å². The van der Waals surface area contributed by atoms with Crippen LogP contribution in [0.4, 0.5) is 0 Å². The lowest BCUT2D eigenvalue weighted by molar-refractivity contribution is 0.560. The molecule has 2 heterocycles. The molecule has 3 rings (SSSR count). The molecule has 2 aromatic heterocycles. The van der Waals surface area contributed by atoms with E-state index in [-0.39, 0.29) is 0 Å². The van der Waals surface area contributed by atoms with Gasteiger partial charge < -0.3 is 9.40 Å². The van der Waals surface area contributed by atoms with Gasteiger partial charge in [0.1, 0.15) is 5.76 Å². The Morgan fingerprint density at radius 2 is 2.05 bits per heavy atom. The fourth-order valence-corrected chi connectivity index (χ4v) is 2.13. The molecule has 0 aliphatic carbocycles. The summed E-state index contributed by atoms with van der Waals surface area (Å²) in [5.74, 6) is 0.679. The molecule has 0 saturated carbocycles. The van der Waals surface area contributed by atoms with E-state index in [0.717, 1.165) is 20.9 Å². The van der Waals surface area contributed by atoms with Crippen molar-refractivity contribution in [3.8, 4) is 0 Å². The number of rotatable bonds is 3. The Kier molecular flexibility index (Phi) is 3.29. The van der Waals surface area contributed by atoms with E-state index >= 15 is 0 Å². The minimum atomic E-state index is 0.679. The van der Waals surface area contributed by atoms with Crippen LogP contribution >= 0.6 is 15.9 Å². The zero-order chi connectivity index (χ0) is 13.1. The van der Waals surface area contributed by atoms with Crippen molar-refractivity contribution in [1.82, 2.24) is 4.98 Å². The van der Waals surface area contributed by atoms with Crippen molar-refractivity contribution in [2.24, 2.45) is 10.2 Å². The van der Waals surface area contributed by atoms with E-state index in [9.17, 15) is 0 Å². The first kappa shape index (κ1) is 11.9. The molecule has 0 aliphatic heterocycles. The van der Waals surface area contributed by atoms with Crippen LogP contribution in [0.2, 0.25) is 0 Å². The van der Waals surface area contributed by atoms with E-state index in [2.05, 4.69) is 31.1 Å². The Balaban J connectivity index is 1.83. The molecule has 0 fully saturated rings. The number of fused-ring (bicyclic) bond motifs is 1. The average Bonchev–Trinajstić information content (AvgIpc) is 3.04. The smallest absolute Gasteiger partial charge is 0.146 e. The zero-order valence-corrected chi connectivity index (χ0v) is 11.5. The predicted molar refractivity (Wildman–Crippen MR) is 79.9 cm³/mol. The molecule has 1 aromatic carbocycles. The molecule has 1 N–H and O–H groups in total. The molecule has 19 heavy (non-hydrogen) atoms. The van der Waals surface area contributed by atoms with E-state index in [1.54, 1.807) is 18.7 Å². The van der Waals surface area contributed by atoms with Gasteiger partial charge in [-0.3, -0.25) is 0 Å².